The minimum Gasteiger partial charge on any atom is -0.342 e. The number of nitrogens with zero attached hydrogens (tertiary/aromatic N) is 4. The number of thioether (sulfide) groups is 1. The van der Waals surface area contributed by atoms with E-state index in [4.69, 9.17) is 11.6 Å². The first-order valence-electron chi connectivity index (χ1n) is 9.91. The molecule has 9 heteroatoms. The van der Waals surface area contributed by atoms with Crippen molar-refractivity contribution in [2.75, 3.05) is 17.2 Å². The van der Waals surface area contributed by atoms with Crippen molar-refractivity contribution in [1.29, 1.82) is 0 Å². The van der Waals surface area contributed by atoms with Gasteiger partial charge in [0.1, 0.15) is 0 Å². The Hall–Kier alpha value is -2.84. The van der Waals surface area contributed by atoms with Crippen LogP contribution in [0, 0.1) is 0 Å². The monoisotopic (exact) mass is 455 g/mol. The average molecular weight is 456 g/mol. The maximum absolute atomic E-state index is 12.7. The Morgan fingerprint density at radius 3 is 2.68 bits per heavy atom. The summed E-state index contributed by atoms with van der Waals surface area (Å²) in [4.78, 5) is 27.0. The number of carbonyl (C=O) groups is 2. The Kier molecular flexibility index (Phi) is 6.29. The van der Waals surface area contributed by atoms with Crippen molar-refractivity contribution in [2.45, 2.75) is 24.5 Å². The summed E-state index contributed by atoms with van der Waals surface area (Å²) in [5.41, 5.74) is 2.71. The van der Waals surface area contributed by atoms with E-state index in [9.17, 15) is 9.59 Å². The molecule has 0 fully saturated rings. The van der Waals surface area contributed by atoms with Crippen molar-refractivity contribution in [3.8, 4) is 0 Å². The lowest BCUT2D eigenvalue weighted by Crippen LogP contribution is -2.30. The summed E-state index contributed by atoms with van der Waals surface area (Å²) < 4.78 is 1.81. The SMILES string of the molecule is CC(NC(=O)c1ccc(Cl)cc1)c1nnc(SCC(=O)N2CCc3ccccc32)n1C. The van der Waals surface area contributed by atoms with Crippen LogP contribution in [0.4, 0.5) is 5.69 Å². The first kappa shape index (κ1) is 21.4. The zero-order chi connectivity index (χ0) is 22.0. The second-order valence-electron chi connectivity index (χ2n) is 7.31. The quantitative estimate of drug-likeness (QED) is 0.574. The molecule has 1 aliphatic heterocycles. The highest BCUT2D eigenvalue weighted by molar-refractivity contribution is 7.99. The van der Waals surface area contributed by atoms with Crippen LogP contribution in [0.2, 0.25) is 5.02 Å². The minimum atomic E-state index is -0.351. The summed E-state index contributed by atoms with van der Waals surface area (Å²) in [6.45, 7) is 2.55. The maximum Gasteiger partial charge on any atom is 0.251 e. The van der Waals surface area contributed by atoms with Crippen LogP contribution in [0.3, 0.4) is 0 Å². The molecule has 3 aromatic rings. The zero-order valence-corrected chi connectivity index (χ0v) is 18.8. The van der Waals surface area contributed by atoms with Gasteiger partial charge < -0.3 is 14.8 Å². The number of anilines is 1. The topological polar surface area (TPSA) is 80.1 Å². The van der Waals surface area contributed by atoms with Crippen molar-refractivity contribution in [3.63, 3.8) is 0 Å². The Bertz CT molecular complexity index is 1120. The highest BCUT2D eigenvalue weighted by Crippen LogP contribution is 2.29. The number of amides is 2. The number of para-hydroxylation sites is 1. The molecule has 0 saturated heterocycles. The van der Waals surface area contributed by atoms with Gasteiger partial charge in [-0.1, -0.05) is 41.6 Å². The van der Waals surface area contributed by atoms with Gasteiger partial charge in [-0.25, -0.2) is 0 Å². The summed E-state index contributed by atoms with van der Waals surface area (Å²) in [5.74, 6) is 0.711. The van der Waals surface area contributed by atoms with Crippen LogP contribution >= 0.6 is 23.4 Å². The van der Waals surface area contributed by atoms with Crippen LogP contribution in [0.25, 0.3) is 0 Å². The van der Waals surface area contributed by atoms with Crippen molar-refractivity contribution >= 4 is 40.9 Å². The highest BCUT2D eigenvalue weighted by atomic mass is 35.5. The number of aromatic nitrogens is 3. The number of nitrogens with one attached hydrogen (secondary N) is 1. The minimum absolute atomic E-state index is 0.0450. The van der Waals surface area contributed by atoms with Gasteiger partial charge in [0, 0.05) is 29.9 Å². The van der Waals surface area contributed by atoms with Crippen LogP contribution in [-0.2, 0) is 18.3 Å². The Morgan fingerprint density at radius 1 is 1.16 bits per heavy atom. The summed E-state index contributed by atoms with van der Waals surface area (Å²) in [6, 6.07) is 14.3. The smallest absolute Gasteiger partial charge is 0.251 e. The van der Waals surface area contributed by atoms with Gasteiger partial charge in [0.05, 0.1) is 11.8 Å². The average Bonchev–Trinajstić information content (AvgIpc) is 3.36. The molecule has 0 spiro atoms. The van der Waals surface area contributed by atoms with Gasteiger partial charge in [-0.3, -0.25) is 9.59 Å². The van der Waals surface area contributed by atoms with Crippen molar-refractivity contribution < 1.29 is 9.59 Å². The number of rotatable bonds is 6. The molecule has 1 aliphatic rings. The highest BCUT2D eigenvalue weighted by Gasteiger charge is 2.25. The van der Waals surface area contributed by atoms with Crippen LogP contribution in [0.5, 0.6) is 0 Å². The summed E-state index contributed by atoms with van der Waals surface area (Å²) in [6.07, 6.45) is 0.880. The molecule has 0 aliphatic carbocycles. The Balaban J connectivity index is 1.37. The molecule has 4 rings (SSSR count). The van der Waals surface area contributed by atoms with E-state index in [2.05, 4.69) is 21.6 Å². The van der Waals surface area contributed by atoms with E-state index >= 15 is 0 Å². The molecular formula is C22H22ClN5O2S. The third-order valence-electron chi connectivity index (χ3n) is 5.22. The van der Waals surface area contributed by atoms with Crippen molar-refractivity contribution in [2.24, 2.45) is 7.05 Å². The normalized spacial score (nSPS) is 13.7. The summed E-state index contributed by atoms with van der Waals surface area (Å²) in [5, 5.41) is 12.5. The summed E-state index contributed by atoms with van der Waals surface area (Å²) in [7, 11) is 1.83. The fourth-order valence-corrected chi connectivity index (χ4v) is 4.50. The predicted octanol–water partition coefficient (Wildman–Crippen LogP) is 3.64. The van der Waals surface area contributed by atoms with E-state index in [0.29, 0.717) is 28.1 Å². The van der Waals surface area contributed by atoms with Gasteiger partial charge in [-0.2, -0.15) is 0 Å². The molecule has 2 aromatic carbocycles. The Morgan fingerprint density at radius 2 is 1.90 bits per heavy atom. The number of carbonyl (C=O) groups excluding carboxylic acids is 2. The molecule has 1 atom stereocenters. The zero-order valence-electron chi connectivity index (χ0n) is 17.2. The van der Waals surface area contributed by atoms with Gasteiger partial charge in [-0.05, 0) is 49.2 Å². The largest absolute Gasteiger partial charge is 0.342 e. The molecule has 160 valence electrons. The molecular weight excluding hydrogens is 434 g/mol. The molecule has 0 bridgehead atoms. The third-order valence-corrected chi connectivity index (χ3v) is 6.48. The standard InChI is InChI=1S/C22H22ClN5O2S/c1-14(24-21(30)16-7-9-17(23)10-8-16)20-25-26-22(27(20)2)31-13-19(29)28-12-11-15-5-3-4-6-18(15)28/h3-10,14H,11-13H2,1-2H3,(H,24,30). The molecule has 31 heavy (non-hydrogen) atoms. The van der Waals surface area contributed by atoms with Gasteiger partial charge in [0.2, 0.25) is 5.91 Å². The maximum atomic E-state index is 12.7. The van der Waals surface area contributed by atoms with Crippen LogP contribution < -0.4 is 10.2 Å². The number of halogens is 1. The number of hydrogen-bond acceptors (Lipinski definition) is 5. The predicted molar refractivity (Wildman–Crippen MR) is 122 cm³/mol. The molecule has 1 aromatic heterocycles. The van der Waals surface area contributed by atoms with Gasteiger partial charge >= 0.3 is 0 Å². The molecule has 2 amide bonds. The van der Waals surface area contributed by atoms with Crippen molar-refractivity contribution in [3.05, 3.63) is 70.5 Å². The van der Waals surface area contributed by atoms with Crippen LogP contribution in [0.1, 0.15) is 34.7 Å². The first-order valence-corrected chi connectivity index (χ1v) is 11.3. The van der Waals surface area contributed by atoms with E-state index in [1.807, 2.05) is 41.6 Å². The van der Waals surface area contributed by atoms with E-state index in [1.165, 1.54) is 17.3 Å². The molecule has 7 nitrogen and oxygen atoms in total. The first-order chi connectivity index (χ1) is 14.9. The van der Waals surface area contributed by atoms with Gasteiger partial charge in [0.25, 0.3) is 5.91 Å². The lowest BCUT2D eigenvalue weighted by atomic mass is 10.2. The number of benzene rings is 2. The van der Waals surface area contributed by atoms with Crippen molar-refractivity contribution in [1.82, 2.24) is 20.1 Å². The molecule has 1 unspecified atom stereocenters. The van der Waals surface area contributed by atoms with E-state index in [1.54, 1.807) is 24.3 Å². The Labute approximate surface area is 189 Å². The van der Waals surface area contributed by atoms with E-state index in [-0.39, 0.29) is 23.6 Å². The molecule has 1 N–H and O–H groups in total. The number of hydrogen-bond donors (Lipinski definition) is 1. The fourth-order valence-electron chi connectivity index (χ4n) is 3.58. The molecule has 0 saturated carbocycles. The summed E-state index contributed by atoms with van der Waals surface area (Å²) >= 11 is 7.22. The third kappa shape index (κ3) is 4.60. The van der Waals surface area contributed by atoms with Gasteiger partial charge in [0.15, 0.2) is 11.0 Å². The van der Waals surface area contributed by atoms with Gasteiger partial charge in [-0.15, -0.1) is 10.2 Å². The van der Waals surface area contributed by atoms with Crippen LogP contribution in [-0.4, -0.2) is 38.9 Å². The second-order valence-corrected chi connectivity index (χ2v) is 8.69. The molecule has 0 radical (unpaired) electrons. The second kappa shape index (κ2) is 9.11. The lowest BCUT2D eigenvalue weighted by Gasteiger charge is -2.17. The number of fused-ring (bicyclic) bond motifs is 1. The fraction of sp³-hybridized carbons (Fsp3) is 0.273. The van der Waals surface area contributed by atoms with Crippen LogP contribution in [0.15, 0.2) is 53.7 Å². The lowest BCUT2D eigenvalue weighted by molar-refractivity contribution is -0.116. The van der Waals surface area contributed by atoms with E-state index in [0.717, 1.165) is 12.1 Å². The molecule has 2 heterocycles. The van der Waals surface area contributed by atoms with E-state index < -0.39 is 0 Å².